The van der Waals surface area contributed by atoms with Gasteiger partial charge in [-0.1, -0.05) is 30.3 Å². The molecule has 0 bridgehead atoms. The van der Waals surface area contributed by atoms with E-state index in [1.54, 1.807) is 0 Å². The fourth-order valence-corrected chi connectivity index (χ4v) is 3.74. The van der Waals surface area contributed by atoms with E-state index >= 15 is 0 Å². The van der Waals surface area contributed by atoms with Crippen molar-refractivity contribution >= 4 is 0 Å². The van der Waals surface area contributed by atoms with Crippen LogP contribution >= 0.6 is 0 Å². The van der Waals surface area contributed by atoms with Crippen molar-refractivity contribution in [2.45, 2.75) is 25.4 Å². The number of piperazine rings is 1. The van der Waals surface area contributed by atoms with Crippen LogP contribution in [0.3, 0.4) is 0 Å². The zero-order valence-electron chi connectivity index (χ0n) is 12.6. The van der Waals surface area contributed by atoms with Gasteiger partial charge in [0.1, 0.15) is 0 Å². The molecule has 0 aliphatic carbocycles. The van der Waals surface area contributed by atoms with Gasteiger partial charge in [-0.3, -0.25) is 4.90 Å². The standard InChI is InChI=1S/C17H27N3/c1-19-11-9-18-12-17(19)16-8-5-10-20(14-16)13-15-6-3-2-4-7-15/h2-4,6-7,16-18H,5,8-14H2,1H3. The lowest BCUT2D eigenvalue weighted by Crippen LogP contribution is -2.55. The lowest BCUT2D eigenvalue weighted by molar-refractivity contribution is 0.0749. The molecule has 3 rings (SSSR count). The van der Waals surface area contributed by atoms with E-state index < -0.39 is 0 Å². The first-order chi connectivity index (χ1) is 9.83. The summed E-state index contributed by atoms with van der Waals surface area (Å²) in [5, 5.41) is 3.57. The van der Waals surface area contributed by atoms with E-state index in [4.69, 9.17) is 0 Å². The summed E-state index contributed by atoms with van der Waals surface area (Å²) in [4.78, 5) is 5.21. The number of hydrogen-bond acceptors (Lipinski definition) is 3. The highest BCUT2D eigenvalue weighted by molar-refractivity contribution is 5.14. The molecule has 0 spiro atoms. The smallest absolute Gasteiger partial charge is 0.0258 e. The number of likely N-dealkylation sites (N-methyl/N-ethyl adjacent to an activating group) is 1. The van der Waals surface area contributed by atoms with E-state index in [-0.39, 0.29) is 0 Å². The maximum atomic E-state index is 3.57. The van der Waals surface area contributed by atoms with E-state index in [1.807, 2.05) is 0 Å². The zero-order valence-corrected chi connectivity index (χ0v) is 12.6. The Morgan fingerprint density at radius 1 is 1.20 bits per heavy atom. The molecule has 1 aromatic carbocycles. The van der Waals surface area contributed by atoms with Gasteiger partial charge in [-0.05, 0) is 37.9 Å². The molecule has 0 radical (unpaired) electrons. The first kappa shape index (κ1) is 14.1. The number of benzene rings is 1. The molecule has 20 heavy (non-hydrogen) atoms. The molecule has 2 unspecified atom stereocenters. The second-order valence-corrected chi connectivity index (χ2v) is 6.38. The van der Waals surface area contributed by atoms with Crippen molar-refractivity contribution in [3.8, 4) is 0 Å². The number of likely N-dealkylation sites (tertiary alicyclic amines) is 1. The topological polar surface area (TPSA) is 18.5 Å². The molecule has 2 fully saturated rings. The molecule has 2 aliphatic heterocycles. The molecule has 0 amide bonds. The first-order valence-electron chi connectivity index (χ1n) is 8.00. The minimum atomic E-state index is 0.724. The highest BCUT2D eigenvalue weighted by Gasteiger charge is 2.31. The molecule has 3 nitrogen and oxygen atoms in total. The third-order valence-electron chi connectivity index (χ3n) is 4.90. The Bertz CT molecular complexity index is 406. The van der Waals surface area contributed by atoms with E-state index in [2.05, 4.69) is 52.5 Å². The fraction of sp³-hybridized carbons (Fsp3) is 0.647. The first-order valence-corrected chi connectivity index (χ1v) is 8.00. The summed E-state index contributed by atoms with van der Waals surface area (Å²) in [5.74, 6) is 0.824. The Hall–Kier alpha value is -0.900. The summed E-state index contributed by atoms with van der Waals surface area (Å²) in [7, 11) is 2.29. The number of rotatable bonds is 3. The third-order valence-corrected chi connectivity index (χ3v) is 4.90. The maximum Gasteiger partial charge on any atom is 0.0258 e. The third kappa shape index (κ3) is 3.40. The molecule has 0 aromatic heterocycles. The fourth-order valence-electron chi connectivity index (χ4n) is 3.74. The van der Waals surface area contributed by atoms with Gasteiger partial charge in [0.25, 0.3) is 0 Å². The van der Waals surface area contributed by atoms with Gasteiger partial charge in [-0.2, -0.15) is 0 Å². The Kier molecular flexibility index (Phi) is 4.71. The molecule has 2 aliphatic rings. The number of nitrogens with one attached hydrogen (secondary N) is 1. The van der Waals surface area contributed by atoms with E-state index in [0.717, 1.165) is 25.0 Å². The van der Waals surface area contributed by atoms with Gasteiger partial charge in [0.15, 0.2) is 0 Å². The Labute approximate surface area is 123 Å². The van der Waals surface area contributed by atoms with E-state index in [0.29, 0.717) is 0 Å². The van der Waals surface area contributed by atoms with Gasteiger partial charge in [0.05, 0.1) is 0 Å². The van der Waals surface area contributed by atoms with Crippen molar-refractivity contribution in [2.24, 2.45) is 5.92 Å². The number of nitrogens with zero attached hydrogens (tertiary/aromatic N) is 2. The molecule has 2 heterocycles. The quantitative estimate of drug-likeness (QED) is 0.906. The maximum absolute atomic E-state index is 3.57. The van der Waals surface area contributed by atoms with Gasteiger partial charge in [0, 0.05) is 38.8 Å². The van der Waals surface area contributed by atoms with Crippen LogP contribution in [0.1, 0.15) is 18.4 Å². The molecule has 2 atom stereocenters. The zero-order chi connectivity index (χ0) is 13.8. The molecule has 110 valence electrons. The number of hydrogen-bond donors (Lipinski definition) is 1. The van der Waals surface area contributed by atoms with Crippen LogP contribution in [-0.2, 0) is 6.54 Å². The number of piperidine rings is 1. The van der Waals surface area contributed by atoms with Crippen LogP contribution in [-0.4, -0.2) is 55.6 Å². The van der Waals surface area contributed by atoms with Crippen molar-refractivity contribution in [2.75, 3.05) is 39.8 Å². The summed E-state index contributed by atoms with van der Waals surface area (Å²) >= 11 is 0. The summed E-state index contributed by atoms with van der Waals surface area (Å²) in [6, 6.07) is 11.6. The predicted octanol–water partition coefficient (Wildman–Crippen LogP) is 1.80. The second kappa shape index (κ2) is 6.70. The second-order valence-electron chi connectivity index (χ2n) is 6.38. The van der Waals surface area contributed by atoms with Crippen LogP contribution in [0.4, 0.5) is 0 Å². The molecule has 3 heteroatoms. The molecular formula is C17H27N3. The molecule has 2 saturated heterocycles. The van der Waals surface area contributed by atoms with Gasteiger partial charge >= 0.3 is 0 Å². The highest BCUT2D eigenvalue weighted by atomic mass is 15.2. The van der Waals surface area contributed by atoms with Crippen LogP contribution in [0.15, 0.2) is 30.3 Å². The van der Waals surface area contributed by atoms with Gasteiger partial charge in [-0.15, -0.1) is 0 Å². The Morgan fingerprint density at radius 2 is 2.05 bits per heavy atom. The van der Waals surface area contributed by atoms with Crippen molar-refractivity contribution < 1.29 is 0 Å². The summed E-state index contributed by atoms with van der Waals surface area (Å²) in [6.07, 6.45) is 2.74. The van der Waals surface area contributed by atoms with Crippen molar-refractivity contribution in [1.29, 1.82) is 0 Å². The summed E-state index contributed by atoms with van der Waals surface area (Å²) < 4.78 is 0. The van der Waals surface area contributed by atoms with Crippen LogP contribution < -0.4 is 5.32 Å². The average Bonchev–Trinajstić information content (AvgIpc) is 2.49. The Morgan fingerprint density at radius 3 is 2.85 bits per heavy atom. The Balaban J connectivity index is 1.58. The average molecular weight is 273 g/mol. The van der Waals surface area contributed by atoms with Gasteiger partial charge < -0.3 is 10.2 Å². The summed E-state index contributed by atoms with van der Waals surface area (Å²) in [5.41, 5.74) is 1.45. The lowest BCUT2D eigenvalue weighted by atomic mass is 9.88. The SMILES string of the molecule is CN1CCNCC1C1CCCN(Cc2ccccc2)C1. The monoisotopic (exact) mass is 273 g/mol. The van der Waals surface area contributed by atoms with E-state index in [1.165, 1.54) is 44.6 Å². The summed E-state index contributed by atoms with van der Waals surface area (Å²) in [6.45, 7) is 7.13. The van der Waals surface area contributed by atoms with Crippen LogP contribution in [0.5, 0.6) is 0 Å². The van der Waals surface area contributed by atoms with Crippen molar-refractivity contribution in [1.82, 2.24) is 15.1 Å². The van der Waals surface area contributed by atoms with E-state index in [9.17, 15) is 0 Å². The van der Waals surface area contributed by atoms with Crippen LogP contribution in [0.2, 0.25) is 0 Å². The predicted molar refractivity (Wildman–Crippen MR) is 83.7 cm³/mol. The van der Waals surface area contributed by atoms with Crippen molar-refractivity contribution in [3.05, 3.63) is 35.9 Å². The molecule has 1 N–H and O–H groups in total. The minimum Gasteiger partial charge on any atom is -0.314 e. The van der Waals surface area contributed by atoms with Crippen molar-refractivity contribution in [3.63, 3.8) is 0 Å². The highest BCUT2D eigenvalue weighted by Crippen LogP contribution is 2.24. The lowest BCUT2D eigenvalue weighted by Gasteiger charge is -2.43. The minimum absolute atomic E-state index is 0.724. The molecule has 0 saturated carbocycles. The molecule has 1 aromatic rings. The van der Waals surface area contributed by atoms with Crippen LogP contribution in [0, 0.1) is 5.92 Å². The molecular weight excluding hydrogens is 246 g/mol. The van der Waals surface area contributed by atoms with Gasteiger partial charge in [0.2, 0.25) is 0 Å². The largest absolute Gasteiger partial charge is 0.314 e. The normalized spacial score (nSPS) is 29.4. The van der Waals surface area contributed by atoms with Crippen LogP contribution in [0.25, 0.3) is 0 Å². The van der Waals surface area contributed by atoms with Gasteiger partial charge in [-0.25, -0.2) is 0 Å².